The quantitative estimate of drug-likeness (QED) is 0.596. The number of furan rings is 1. The van der Waals surface area contributed by atoms with Gasteiger partial charge in [-0.15, -0.1) is 0 Å². The van der Waals surface area contributed by atoms with Crippen LogP contribution in [0.5, 0.6) is 0 Å². The van der Waals surface area contributed by atoms with Gasteiger partial charge in [0.15, 0.2) is 5.58 Å². The molecule has 0 fully saturated rings. The molecule has 3 rings (SSSR count). The summed E-state index contributed by atoms with van der Waals surface area (Å²) in [5.41, 5.74) is 1.50. The van der Waals surface area contributed by atoms with E-state index in [0.717, 1.165) is 11.0 Å². The number of para-hydroxylation sites is 1. The third-order valence-electron chi connectivity index (χ3n) is 2.71. The van der Waals surface area contributed by atoms with Crippen molar-refractivity contribution in [2.45, 2.75) is 6.92 Å². The lowest BCUT2D eigenvalue weighted by Gasteiger charge is -1.95. The molecular weight excluding hydrogens is 216 g/mol. The smallest absolute Gasteiger partial charge is 0.347 e. The van der Waals surface area contributed by atoms with Crippen LogP contribution in [0.4, 0.5) is 0 Å². The summed E-state index contributed by atoms with van der Waals surface area (Å²) in [6.07, 6.45) is 0. The molecule has 3 heteroatoms. The minimum absolute atomic E-state index is 0.380. The van der Waals surface area contributed by atoms with Crippen molar-refractivity contribution < 1.29 is 8.83 Å². The van der Waals surface area contributed by atoms with E-state index in [9.17, 15) is 4.79 Å². The fourth-order valence-corrected chi connectivity index (χ4v) is 1.85. The number of benzene rings is 1. The van der Waals surface area contributed by atoms with Crippen molar-refractivity contribution in [3.05, 3.63) is 53.1 Å². The molecule has 0 atom stereocenters. The fraction of sp³-hybridized carbons (Fsp3) is 0.0714. The van der Waals surface area contributed by atoms with Crippen LogP contribution in [0.15, 0.2) is 50.5 Å². The van der Waals surface area contributed by atoms with Crippen molar-refractivity contribution in [3.8, 4) is 0 Å². The molecule has 2 aromatic heterocycles. The summed E-state index contributed by atoms with van der Waals surface area (Å²) in [4.78, 5) is 11.8. The maximum Gasteiger partial charge on any atom is 0.347 e. The summed E-state index contributed by atoms with van der Waals surface area (Å²) in [7, 11) is 0. The van der Waals surface area contributed by atoms with Gasteiger partial charge in [-0.05, 0) is 30.7 Å². The molecule has 0 spiro atoms. The molecule has 3 aromatic rings. The minimum atomic E-state index is -0.380. The fourth-order valence-electron chi connectivity index (χ4n) is 1.85. The van der Waals surface area contributed by atoms with E-state index >= 15 is 0 Å². The van der Waals surface area contributed by atoms with Gasteiger partial charge in [0.1, 0.15) is 16.7 Å². The van der Waals surface area contributed by atoms with Gasteiger partial charge in [0.25, 0.3) is 0 Å². The average Bonchev–Trinajstić information content (AvgIpc) is 2.75. The summed E-state index contributed by atoms with van der Waals surface area (Å²) in [6, 6.07) is 8.99. The Morgan fingerprint density at radius 1 is 1.18 bits per heavy atom. The molecular formula is C14H10O3. The van der Waals surface area contributed by atoms with E-state index in [2.05, 4.69) is 6.58 Å². The Balaban J connectivity index is 2.56. The average molecular weight is 226 g/mol. The predicted octanol–water partition coefficient (Wildman–Crippen LogP) is 3.57. The number of allylic oxidation sites excluding steroid dienone is 1. The Labute approximate surface area is 97.0 Å². The van der Waals surface area contributed by atoms with Gasteiger partial charge in [-0.2, -0.15) is 0 Å². The SMILES string of the molecule is C=C(C)c1cc2c(=O)oc3ccccc3c2o1. The second-order valence-corrected chi connectivity index (χ2v) is 4.02. The number of rotatable bonds is 1. The van der Waals surface area contributed by atoms with E-state index in [-0.39, 0.29) is 5.63 Å². The topological polar surface area (TPSA) is 43.4 Å². The zero-order valence-corrected chi connectivity index (χ0v) is 9.32. The largest absolute Gasteiger partial charge is 0.455 e. The van der Waals surface area contributed by atoms with Crippen molar-refractivity contribution in [2.75, 3.05) is 0 Å². The van der Waals surface area contributed by atoms with Gasteiger partial charge >= 0.3 is 5.63 Å². The van der Waals surface area contributed by atoms with Gasteiger partial charge in [0.2, 0.25) is 0 Å². The molecule has 0 N–H and O–H groups in total. The lowest BCUT2D eigenvalue weighted by atomic mass is 10.2. The molecule has 0 bridgehead atoms. The van der Waals surface area contributed by atoms with E-state index in [1.165, 1.54) is 0 Å². The molecule has 0 aliphatic carbocycles. The zero-order valence-electron chi connectivity index (χ0n) is 9.32. The second kappa shape index (κ2) is 3.35. The summed E-state index contributed by atoms with van der Waals surface area (Å²) >= 11 is 0. The predicted molar refractivity (Wildman–Crippen MR) is 67.0 cm³/mol. The van der Waals surface area contributed by atoms with Crippen molar-refractivity contribution in [3.63, 3.8) is 0 Å². The molecule has 0 aliphatic rings. The molecule has 1 aromatic carbocycles. The molecule has 0 amide bonds. The number of fused-ring (bicyclic) bond motifs is 3. The molecule has 0 saturated carbocycles. The van der Waals surface area contributed by atoms with Gasteiger partial charge in [-0.3, -0.25) is 0 Å². The Morgan fingerprint density at radius 3 is 2.71 bits per heavy atom. The maximum atomic E-state index is 11.8. The van der Waals surface area contributed by atoms with Gasteiger partial charge in [-0.25, -0.2) is 4.79 Å². The van der Waals surface area contributed by atoms with Crippen molar-refractivity contribution in [2.24, 2.45) is 0 Å². The number of hydrogen-bond acceptors (Lipinski definition) is 3. The summed E-state index contributed by atoms with van der Waals surface area (Å²) in [5, 5.41) is 1.26. The Hall–Kier alpha value is -2.29. The summed E-state index contributed by atoms with van der Waals surface area (Å²) < 4.78 is 10.9. The Morgan fingerprint density at radius 2 is 1.94 bits per heavy atom. The highest BCUT2D eigenvalue weighted by molar-refractivity contribution is 6.01. The van der Waals surface area contributed by atoms with Crippen molar-refractivity contribution in [1.29, 1.82) is 0 Å². The standard InChI is InChI=1S/C14H10O3/c1-8(2)12-7-10-13(16-12)9-5-3-4-6-11(9)17-14(10)15/h3-7H,1H2,2H3. The molecule has 0 unspecified atom stereocenters. The summed E-state index contributed by atoms with van der Waals surface area (Å²) in [5.74, 6) is 0.614. The first-order valence-corrected chi connectivity index (χ1v) is 5.28. The highest BCUT2D eigenvalue weighted by Gasteiger charge is 2.12. The lowest BCUT2D eigenvalue weighted by molar-refractivity contribution is 0.563. The Kier molecular flexibility index (Phi) is 1.95. The van der Waals surface area contributed by atoms with Crippen LogP contribution in [0.1, 0.15) is 12.7 Å². The van der Waals surface area contributed by atoms with Gasteiger partial charge in [0.05, 0.1) is 5.39 Å². The molecule has 17 heavy (non-hydrogen) atoms. The third-order valence-corrected chi connectivity index (χ3v) is 2.71. The summed E-state index contributed by atoms with van der Waals surface area (Å²) in [6.45, 7) is 5.64. The maximum absolute atomic E-state index is 11.8. The van der Waals surface area contributed by atoms with Crippen molar-refractivity contribution in [1.82, 2.24) is 0 Å². The van der Waals surface area contributed by atoms with E-state index in [4.69, 9.17) is 8.83 Å². The molecule has 2 heterocycles. The lowest BCUT2D eigenvalue weighted by Crippen LogP contribution is -1.97. The van der Waals surface area contributed by atoms with E-state index in [1.807, 2.05) is 25.1 Å². The van der Waals surface area contributed by atoms with Crippen LogP contribution in [-0.2, 0) is 0 Å². The normalized spacial score (nSPS) is 11.1. The monoisotopic (exact) mass is 226 g/mol. The van der Waals surface area contributed by atoms with Gasteiger partial charge < -0.3 is 8.83 Å². The molecule has 3 nitrogen and oxygen atoms in total. The van der Waals surface area contributed by atoms with Gasteiger partial charge in [-0.1, -0.05) is 18.7 Å². The van der Waals surface area contributed by atoms with Crippen molar-refractivity contribution >= 4 is 27.5 Å². The highest BCUT2D eigenvalue weighted by atomic mass is 16.4. The van der Waals surface area contributed by atoms with Gasteiger partial charge in [0, 0.05) is 0 Å². The van der Waals surface area contributed by atoms with Crippen LogP contribution < -0.4 is 5.63 Å². The second-order valence-electron chi connectivity index (χ2n) is 4.02. The Bertz CT molecular complexity index is 790. The van der Waals surface area contributed by atoms with Crippen LogP contribution in [-0.4, -0.2) is 0 Å². The highest BCUT2D eigenvalue weighted by Crippen LogP contribution is 2.27. The number of hydrogen-bond donors (Lipinski definition) is 0. The van der Waals surface area contributed by atoms with E-state index < -0.39 is 0 Å². The third kappa shape index (κ3) is 1.40. The molecule has 84 valence electrons. The van der Waals surface area contributed by atoms with Crippen LogP contribution in [0, 0.1) is 0 Å². The van der Waals surface area contributed by atoms with Crippen LogP contribution in [0.25, 0.3) is 27.5 Å². The molecule has 0 saturated heterocycles. The van der Waals surface area contributed by atoms with Crippen LogP contribution >= 0.6 is 0 Å². The first-order chi connectivity index (χ1) is 8.16. The van der Waals surface area contributed by atoms with Crippen LogP contribution in [0.2, 0.25) is 0 Å². The first-order valence-electron chi connectivity index (χ1n) is 5.28. The van der Waals surface area contributed by atoms with E-state index in [0.29, 0.717) is 22.3 Å². The zero-order chi connectivity index (χ0) is 12.0. The molecule has 0 aliphatic heterocycles. The van der Waals surface area contributed by atoms with Crippen LogP contribution in [0.3, 0.4) is 0 Å². The molecule has 0 radical (unpaired) electrons. The van der Waals surface area contributed by atoms with E-state index in [1.54, 1.807) is 12.1 Å². The minimum Gasteiger partial charge on any atom is -0.455 e. The first kappa shape index (κ1) is 9.90.